The van der Waals surface area contributed by atoms with Crippen LogP contribution in [0, 0.1) is 0 Å². The molecular weight excluding hydrogens is 194 g/mol. The highest BCUT2D eigenvalue weighted by Gasteiger charge is 2.10. The number of aromatic nitrogens is 3. The lowest BCUT2D eigenvalue weighted by molar-refractivity contribution is 0.100. The van der Waals surface area contributed by atoms with Gasteiger partial charge in [0.1, 0.15) is 12.1 Å². The second-order valence-electron chi connectivity index (χ2n) is 3.07. The van der Waals surface area contributed by atoms with Gasteiger partial charge in [0, 0.05) is 6.92 Å². The van der Waals surface area contributed by atoms with E-state index in [0.717, 1.165) is 0 Å². The van der Waals surface area contributed by atoms with Gasteiger partial charge in [0.15, 0.2) is 11.6 Å². The van der Waals surface area contributed by atoms with Crippen molar-refractivity contribution in [3.8, 4) is 11.4 Å². The molecule has 5 heteroatoms. The second kappa shape index (κ2) is 3.53. The largest absolute Gasteiger partial charge is 0.508 e. The maximum Gasteiger partial charge on any atom is 0.199 e. The summed E-state index contributed by atoms with van der Waals surface area (Å²) in [5.41, 5.74) is 0.690. The second-order valence-corrected chi connectivity index (χ2v) is 3.07. The lowest BCUT2D eigenvalue weighted by Gasteiger charge is -2.03. The van der Waals surface area contributed by atoms with Crippen LogP contribution in [0.25, 0.3) is 5.69 Å². The van der Waals surface area contributed by atoms with E-state index in [1.807, 2.05) is 0 Å². The van der Waals surface area contributed by atoms with Crippen LogP contribution in [0.3, 0.4) is 0 Å². The van der Waals surface area contributed by atoms with Gasteiger partial charge in [-0.15, -0.1) is 0 Å². The molecular formula is C10H9N3O2. The van der Waals surface area contributed by atoms with Crippen molar-refractivity contribution >= 4 is 5.78 Å². The van der Waals surface area contributed by atoms with Gasteiger partial charge in [-0.2, -0.15) is 5.10 Å². The molecule has 76 valence electrons. The van der Waals surface area contributed by atoms with E-state index in [-0.39, 0.29) is 17.4 Å². The Hall–Kier alpha value is -2.17. The molecule has 5 nitrogen and oxygen atoms in total. The van der Waals surface area contributed by atoms with E-state index in [4.69, 9.17) is 5.11 Å². The molecule has 0 aliphatic rings. The highest BCUT2D eigenvalue weighted by molar-refractivity contribution is 5.90. The van der Waals surface area contributed by atoms with Crippen LogP contribution in [0.2, 0.25) is 0 Å². The minimum absolute atomic E-state index is 0.152. The molecule has 1 aromatic carbocycles. The van der Waals surface area contributed by atoms with Crippen LogP contribution in [0.5, 0.6) is 5.75 Å². The summed E-state index contributed by atoms with van der Waals surface area (Å²) < 4.78 is 1.43. The summed E-state index contributed by atoms with van der Waals surface area (Å²) in [5.74, 6) is 0.296. The molecule has 0 spiro atoms. The molecule has 0 radical (unpaired) electrons. The molecule has 15 heavy (non-hydrogen) atoms. The highest BCUT2D eigenvalue weighted by atomic mass is 16.3. The van der Waals surface area contributed by atoms with E-state index in [2.05, 4.69) is 10.1 Å². The molecule has 2 aromatic rings. The van der Waals surface area contributed by atoms with Gasteiger partial charge in [-0.05, 0) is 24.3 Å². The van der Waals surface area contributed by atoms with Crippen LogP contribution in [0.15, 0.2) is 30.6 Å². The summed E-state index contributed by atoms with van der Waals surface area (Å²) >= 11 is 0. The Balaban J connectivity index is 2.49. The van der Waals surface area contributed by atoms with Crippen molar-refractivity contribution in [1.29, 1.82) is 0 Å². The summed E-state index contributed by atoms with van der Waals surface area (Å²) in [4.78, 5) is 15.0. The number of nitrogens with zero attached hydrogens (tertiary/aromatic N) is 3. The normalized spacial score (nSPS) is 10.2. The van der Waals surface area contributed by atoms with Crippen LogP contribution in [-0.2, 0) is 0 Å². The van der Waals surface area contributed by atoms with E-state index < -0.39 is 0 Å². The number of benzene rings is 1. The van der Waals surface area contributed by atoms with Gasteiger partial charge in [0.25, 0.3) is 0 Å². The number of Topliss-reactive ketones (excluding diaryl/α,β-unsaturated/α-hetero) is 1. The number of rotatable bonds is 2. The first-order valence-electron chi connectivity index (χ1n) is 4.39. The number of aromatic hydroxyl groups is 1. The first-order chi connectivity index (χ1) is 7.18. The van der Waals surface area contributed by atoms with Crippen molar-refractivity contribution in [2.75, 3.05) is 0 Å². The average Bonchev–Trinajstić information content (AvgIpc) is 2.67. The molecule has 0 atom stereocenters. The third-order valence-corrected chi connectivity index (χ3v) is 1.96. The van der Waals surface area contributed by atoms with Gasteiger partial charge < -0.3 is 5.11 Å². The maximum absolute atomic E-state index is 11.2. The van der Waals surface area contributed by atoms with Crippen LogP contribution < -0.4 is 0 Å². The number of hydrogen-bond donors (Lipinski definition) is 1. The van der Waals surface area contributed by atoms with Crippen molar-refractivity contribution in [2.24, 2.45) is 0 Å². The Morgan fingerprint density at radius 3 is 2.60 bits per heavy atom. The van der Waals surface area contributed by atoms with Gasteiger partial charge in [0.05, 0.1) is 5.69 Å². The van der Waals surface area contributed by atoms with Crippen LogP contribution in [0.1, 0.15) is 17.5 Å². The summed E-state index contributed by atoms with van der Waals surface area (Å²) in [6.07, 6.45) is 1.32. The van der Waals surface area contributed by atoms with Gasteiger partial charge in [0.2, 0.25) is 0 Å². The van der Waals surface area contributed by atoms with E-state index in [1.165, 1.54) is 30.1 Å². The summed E-state index contributed by atoms with van der Waals surface area (Å²) in [7, 11) is 0. The third-order valence-electron chi connectivity index (χ3n) is 1.96. The number of carbonyl (C=O) groups excluding carboxylic acids is 1. The van der Waals surface area contributed by atoms with Crippen LogP contribution in [0.4, 0.5) is 0 Å². The molecule has 0 unspecified atom stereocenters. The Morgan fingerprint density at radius 2 is 2.00 bits per heavy atom. The van der Waals surface area contributed by atoms with Gasteiger partial charge in [-0.1, -0.05) is 0 Å². The van der Waals surface area contributed by atoms with Crippen LogP contribution in [-0.4, -0.2) is 25.7 Å². The topological polar surface area (TPSA) is 68.0 Å². The number of carbonyl (C=O) groups is 1. The maximum atomic E-state index is 11.2. The molecule has 0 saturated carbocycles. The van der Waals surface area contributed by atoms with Crippen molar-refractivity contribution in [1.82, 2.24) is 14.8 Å². The Morgan fingerprint density at radius 1 is 1.33 bits per heavy atom. The first kappa shape index (κ1) is 9.39. The molecule has 0 fully saturated rings. The zero-order chi connectivity index (χ0) is 10.8. The lowest BCUT2D eigenvalue weighted by Crippen LogP contribution is -2.06. The van der Waals surface area contributed by atoms with Crippen molar-refractivity contribution < 1.29 is 9.90 Å². The van der Waals surface area contributed by atoms with Gasteiger partial charge in [-0.25, -0.2) is 9.67 Å². The Labute approximate surface area is 86.0 Å². The quantitative estimate of drug-likeness (QED) is 0.744. The molecule has 2 rings (SSSR count). The predicted octanol–water partition coefficient (Wildman–Crippen LogP) is 1.18. The Kier molecular flexibility index (Phi) is 2.21. The summed E-state index contributed by atoms with van der Waals surface area (Å²) in [5, 5.41) is 13.1. The van der Waals surface area contributed by atoms with E-state index in [1.54, 1.807) is 12.1 Å². The number of phenolic OH excluding ortho intramolecular Hbond substituents is 1. The number of ketones is 1. The predicted molar refractivity (Wildman–Crippen MR) is 53.0 cm³/mol. The average molecular weight is 203 g/mol. The lowest BCUT2D eigenvalue weighted by atomic mass is 10.3. The summed E-state index contributed by atoms with van der Waals surface area (Å²) in [6, 6.07) is 6.38. The smallest absolute Gasteiger partial charge is 0.199 e. The molecule has 1 N–H and O–H groups in total. The van der Waals surface area contributed by atoms with E-state index >= 15 is 0 Å². The third kappa shape index (κ3) is 1.71. The van der Waals surface area contributed by atoms with Crippen LogP contribution >= 0.6 is 0 Å². The zero-order valence-corrected chi connectivity index (χ0v) is 8.08. The number of phenols is 1. The zero-order valence-electron chi connectivity index (χ0n) is 8.08. The monoisotopic (exact) mass is 203 g/mol. The van der Waals surface area contributed by atoms with Crippen molar-refractivity contribution in [3.05, 3.63) is 36.4 Å². The fourth-order valence-electron chi connectivity index (χ4n) is 1.26. The first-order valence-corrected chi connectivity index (χ1v) is 4.39. The molecule has 0 bridgehead atoms. The molecule has 0 amide bonds. The molecule has 0 aliphatic heterocycles. The molecule has 0 saturated heterocycles. The molecule has 1 heterocycles. The highest BCUT2D eigenvalue weighted by Crippen LogP contribution is 2.13. The minimum Gasteiger partial charge on any atom is -0.508 e. The van der Waals surface area contributed by atoms with E-state index in [0.29, 0.717) is 5.69 Å². The standard InChI is InChI=1S/C10H9N3O2/c1-7(14)10-11-6-12-13(10)8-2-4-9(15)5-3-8/h2-6,15H,1H3. The SMILES string of the molecule is CC(=O)c1ncnn1-c1ccc(O)cc1. The van der Waals surface area contributed by atoms with Gasteiger partial charge in [-0.3, -0.25) is 4.79 Å². The Bertz CT molecular complexity index is 488. The summed E-state index contributed by atoms with van der Waals surface area (Å²) in [6.45, 7) is 1.43. The molecule has 1 aromatic heterocycles. The van der Waals surface area contributed by atoms with Gasteiger partial charge >= 0.3 is 0 Å². The fraction of sp³-hybridized carbons (Fsp3) is 0.100. The van der Waals surface area contributed by atoms with Crippen molar-refractivity contribution in [3.63, 3.8) is 0 Å². The van der Waals surface area contributed by atoms with Crippen molar-refractivity contribution in [2.45, 2.75) is 6.92 Å². The minimum atomic E-state index is -0.152. The van der Waals surface area contributed by atoms with E-state index in [9.17, 15) is 4.79 Å². The fourth-order valence-corrected chi connectivity index (χ4v) is 1.26. The number of hydrogen-bond acceptors (Lipinski definition) is 4. The molecule has 0 aliphatic carbocycles.